The number of aliphatic hydroxyl groups is 1. The summed E-state index contributed by atoms with van der Waals surface area (Å²) < 4.78 is 27.0. The third kappa shape index (κ3) is 4.58. The van der Waals surface area contributed by atoms with Crippen molar-refractivity contribution < 1.29 is 13.5 Å². The summed E-state index contributed by atoms with van der Waals surface area (Å²) in [5.41, 5.74) is 3.02. The van der Waals surface area contributed by atoms with E-state index in [1.54, 1.807) is 30.3 Å². The molecule has 112 valence electrons. The Morgan fingerprint density at radius 3 is 2.38 bits per heavy atom. The number of nitrogens with one attached hydrogen (secondary N) is 1. The van der Waals surface area contributed by atoms with Gasteiger partial charge in [-0.15, -0.1) is 0 Å². The van der Waals surface area contributed by atoms with Gasteiger partial charge in [0.15, 0.2) is 0 Å². The van der Waals surface area contributed by atoms with Crippen LogP contribution in [-0.4, -0.2) is 13.5 Å². The van der Waals surface area contributed by atoms with Gasteiger partial charge in [0, 0.05) is 5.69 Å². The Morgan fingerprint density at radius 2 is 1.67 bits per heavy atom. The second-order valence-electron chi connectivity index (χ2n) is 4.89. The van der Waals surface area contributed by atoms with Gasteiger partial charge in [-0.25, -0.2) is 8.42 Å². The Labute approximate surface area is 125 Å². The van der Waals surface area contributed by atoms with Crippen molar-refractivity contribution in [1.29, 1.82) is 0 Å². The first-order valence-electron chi connectivity index (χ1n) is 6.80. The fourth-order valence-electron chi connectivity index (χ4n) is 2.11. The Balaban J connectivity index is 2.14. The van der Waals surface area contributed by atoms with Gasteiger partial charge in [0.25, 0.3) is 0 Å². The average molecular weight is 305 g/mol. The standard InChI is InChI=1S/C16H19NO3S/c1-2-13-5-4-8-16(10-13)17-21(19,20)12-15-7-3-6-14(9-15)11-18/h3-10,17-18H,2,11-12H2,1H3. The number of rotatable bonds is 6. The lowest BCUT2D eigenvalue weighted by molar-refractivity contribution is 0.282. The zero-order valence-electron chi connectivity index (χ0n) is 11.9. The Morgan fingerprint density at radius 1 is 1.00 bits per heavy atom. The molecule has 2 aromatic rings. The van der Waals surface area contributed by atoms with Gasteiger partial charge in [-0.3, -0.25) is 4.72 Å². The molecule has 2 aromatic carbocycles. The van der Waals surface area contributed by atoms with Crippen molar-refractivity contribution in [3.05, 3.63) is 65.2 Å². The summed E-state index contributed by atoms with van der Waals surface area (Å²) in [6, 6.07) is 14.3. The van der Waals surface area contributed by atoms with Crippen LogP contribution in [0.15, 0.2) is 48.5 Å². The highest BCUT2D eigenvalue weighted by Gasteiger charge is 2.12. The predicted molar refractivity (Wildman–Crippen MR) is 84.4 cm³/mol. The van der Waals surface area contributed by atoms with E-state index in [4.69, 9.17) is 5.11 Å². The van der Waals surface area contributed by atoms with E-state index >= 15 is 0 Å². The fraction of sp³-hybridized carbons (Fsp3) is 0.250. The van der Waals surface area contributed by atoms with Gasteiger partial charge in [-0.1, -0.05) is 43.3 Å². The lowest BCUT2D eigenvalue weighted by Crippen LogP contribution is -2.15. The Bertz CT molecular complexity index is 655. The van der Waals surface area contributed by atoms with Crippen LogP contribution in [0, 0.1) is 0 Å². The van der Waals surface area contributed by atoms with Gasteiger partial charge in [0.2, 0.25) is 10.0 Å². The zero-order chi connectivity index (χ0) is 15.3. The molecular weight excluding hydrogens is 286 g/mol. The van der Waals surface area contributed by atoms with Crippen LogP contribution in [0.1, 0.15) is 23.6 Å². The number of hydrogen-bond acceptors (Lipinski definition) is 3. The molecule has 0 heterocycles. The molecule has 0 aliphatic rings. The summed E-state index contributed by atoms with van der Waals surface area (Å²) >= 11 is 0. The molecule has 0 saturated heterocycles. The van der Waals surface area contributed by atoms with Crippen LogP contribution < -0.4 is 4.72 Å². The van der Waals surface area contributed by atoms with Crippen molar-refractivity contribution in [2.75, 3.05) is 4.72 Å². The van der Waals surface area contributed by atoms with Gasteiger partial charge >= 0.3 is 0 Å². The maximum Gasteiger partial charge on any atom is 0.236 e. The van der Waals surface area contributed by atoms with Gasteiger partial charge in [-0.2, -0.15) is 0 Å². The van der Waals surface area contributed by atoms with E-state index in [9.17, 15) is 8.42 Å². The molecule has 2 rings (SSSR count). The lowest BCUT2D eigenvalue weighted by Gasteiger charge is -2.10. The molecule has 0 aromatic heterocycles. The van der Waals surface area contributed by atoms with Crippen molar-refractivity contribution in [3.8, 4) is 0 Å². The molecular formula is C16H19NO3S. The predicted octanol–water partition coefficient (Wildman–Crippen LogP) is 2.68. The number of benzene rings is 2. The molecule has 0 atom stereocenters. The van der Waals surface area contributed by atoms with Crippen LogP contribution >= 0.6 is 0 Å². The molecule has 0 amide bonds. The normalized spacial score (nSPS) is 11.3. The van der Waals surface area contributed by atoms with E-state index in [0.717, 1.165) is 12.0 Å². The summed E-state index contributed by atoms with van der Waals surface area (Å²) in [5.74, 6) is -0.114. The molecule has 5 heteroatoms. The summed E-state index contributed by atoms with van der Waals surface area (Å²) in [5, 5.41) is 9.09. The van der Waals surface area contributed by atoms with E-state index < -0.39 is 10.0 Å². The lowest BCUT2D eigenvalue weighted by atomic mass is 10.1. The van der Waals surface area contributed by atoms with E-state index in [-0.39, 0.29) is 12.4 Å². The fourth-order valence-corrected chi connectivity index (χ4v) is 3.28. The molecule has 0 unspecified atom stereocenters. The first-order valence-corrected chi connectivity index (χ1v) is 8.46. The number of sulfonamides is 1. The van der Waals surface area contributed by atoms with E-state index in [2.05, 4.69) is 4.72 Å². The molecule has 0 aliphatic heterocycles. The minimum absolute atomic E-state index is 0.0974. The maximum atomic E-state index is 12.2. The maximum absolute atomic E-state index is 12.2. The summed E-state index contributed by atoms with van der Waals surface area (Å²) in [4.78, 5) is 0. The van der Waals surface area contributed by atoms with Crippen LogP contribution in [0.2, 0.25) is 0 Å². The molecule has 0 spiro atoms. The molecule has 0 aliphatic carbocycles. The Kier molecular flexibility index (Phi) is 4.98. The third-order valence-electron chi connectivity index (χ3n) is 3.14. The van der Waals surface area contributed by atoms with Crippen molar-refractivity contribution in [2.24, 2.45) is 0 Å². The van der Waals surface area contributed by atoms with Crippen molar-refractivity contribution in [1.82, 2.24) is 0 Å². The van der Waals surface area contributed by atoms with Crippen LogP contribution in [0.5, 0.6) is 0 Å². The monoisotopic (exact) mass is 305 g/mol. The molecule has 0 saturated carbocycles. The number of aryl methyl sites for hydroxylation is 1. The molecule has 0 fully saturated rings. The Hall–Kier alpha value is -1.85. The van der Waals surface area contributed by atoms with Gasteiger partial charge in [-0.05, 0) is 35.2 Å². The van der Waals surface area contributed by atoms with Crippen LogP contribution in [0.4, 0.5) is 5.69 Å². The van der Waals surface area contributed by atoms with Gasteiger partial charge in [0.05, 0.1) is 12.4 Å². The van der Waals surface area contributed by atoms with Crippen LogP contribution in [-0.2, 0) is 28.8 Å². The summed E-state index contributed by atoms with van der Waals surface area (Å²) in [6.45, 7) is 1.92. The zero-order valence-corrected chi connectivity index (χ0v) is 12.7. The van der Waals surface area contributed by atoms with E-state index in [1.165, 1.54) is 0 Å². The highest BCUT2D eigenvalue weighted by molar-refractivity contribution is 7.91. The second kappa shape index (κ2) is 6.74. The molecule has 21 heavy (non-hydrogen) atoms. The van der Waals surface area contributed by atoms with Crippen LogP contribution in [0.3, 0.4) is 0 Å². The van der Waals surface area contributed by atoms with Crippen molar-refractivity contribution >= 4 is 15.7 Å². The SMILES string of the molecule is CCc1cccc(NS(=O)(=O)Cc2cccc(CO)c2)c1. The first kappa shape index (κ1) is 15.5. The summed E-state index contributed by atoms with van der Waals surface area (Å²) in [7, 11) is -3.47. The highest BCUT2D eigenvalue weighted by atomic mass is 32.2. The topological polar surface area (TPSA) is 66.4 Å². The van der Waals surface area contributed by atoms with Crippen molar-refractivity contribution in [2.45, 2.75) is 25.7 Å². The molecule has 2 N–H and O–H groups in total. The van der Waals surface area contributed by atoms with Crippen molar-refractivity contribution in [3.63, 3.8) is 0 Å². The smallest absolute Gasteiger partial charge is 0.236 e. The first-order chi connectivity index (χ1) is 10.0. The summed E-state index contributed by atoms with van der Waals surface area (Å²) in [6.07, 6.45) is 0.855. The highest BCUT2D eigenvalue weighted by Crippen LogP contribution is 2.16. The molecule has 0 bridgehead atoms. The largest absolute Gasteiger partial charge is 0.392 e. The third-order valence-corrected chi connectivity index (χ3v) is 4.40. The average Bonchev–Trinajstić information content (AvgIpc) is 2.46. The van der Waals surface area contributed by atoms with Gasteiger partial charge < -0.3 is 5.11 Å². The second-order valence-corrected chi connectivity index (χ2v) is 6.62. The minimum Gasteiger partial charge on any atom is -0.392 e. The van der Waals surface area contributed by atoms with E-state index in [0.29, 0.717) is 16.8 Å². The van der Waals surface area contributed by atoms with E-state index in [1.807, 2.05) is 25.1 Å². The molecule has 0 radical (unpaired) electrons. The van der Waals surface area contributed by atoms with Gasteiger partial charge in [0.1, 0.15) is 0 Å². The number of aliphatic hydroxyl groups excluding tert-OH is 1. The minimum atomic E-state index is -3.47. The number of anilines is 1. The van der Waals surface area contributed by atoms with Crippen LogP contribution in [0.25, 0.3) is 0 Å². The number of hydrogen-bond donors (Lipinski definition) is 2. The molecule has 4 nitrogen and oxygen atoms in total. The quantitative estimate of drug-likeness (QED) is 0.862.